The van der Waals surface area contributed by atoms with Gasteiger partial charge in [0.2, 0.25) is 11.8 Å². The quantitative estimate of drug-likeness (QED) is 0.287. The Morgan fingerprint density at radius 1 is 0.878 bits per heavy atom. The van der Waals surface area contributed by atoms with E-state index >= 15 is 0 Å². The highest BCUT2D eigenvalue weighted by molar-refractivity contribution is 5.92. The highest BCUT2D eigenvalue weighted by Crippen LogP contribution is 2.27. The van der Waals surface area contributed by atoms with E-state index in [0.717, 1.165) is 11.1 Å². The molecule has 8 nitrogen and oxygen atoms in total. The molecule has 0 heterocycles. The average molecular weight is 560 g/mol. The molecule has 3 rings (SSSR count). The molecule has 3 aromatic carbocycles. The predicted octanol–water partition coefficient (Wildman–Crippen LogP) is 5.51. The number of hydrogen-bond donors (Lipinski definition) is 3. The van der Waals surface area contributed by atoms with Crippen LogP contribution in [0.3, 0.4) is 0 Å². The van der Waals surface area contributed by atoms with Crippen molar-refractivity contribution in [3.63, 3.8) is 0 Å². The summed E-state index contributed by atoms with van der Waals surface area (Å²) >= 11 is 0. The number of ether oxygens (including phenoxy) is 1. The smallest absolute Gasteiger partial charge is 0.408 e. The number of amides is 3. The zero-order valence-corrected chi connectivity index (χ0v) is 24.5. The molecule has 0 aliphatic carbocycles. The minimum absolute atomic E-state index is 0.0946. The molecule has 41 heavy (non-hydrogen) atoms. The van der Waals surface area contributed by atoms with Crippen LogP contribution in [0.1, 0.15) is 63.8 Å². The first kappa shape index (κ1) is 31.2. The maximum atomic E-state index is 14.4. The lowest BCUT2D eigenvalue weighted by atomic mass is 9.98. The second kappa shape index (κ2) is 14.3. The molecule has 3 amide bonds. The topological polar surface area (TPSA) is 108 Å². The average Bonchev–Trinajstić information content (AvgIpc) is 2.94. The first-order valence-corrected chi connectivity index (χ1v) is 13.9. The molecule has 0 radical (unpaired) electrons. The lowest BCUT2D eigenvalue weighted by molar-refractivity contribution is -0.145. The highest BCUT2D eigenvalue weighted by atomic mass is 16.6. The van der Waals surface area contributed by atoms with E-state index < -0.39 is 29.7 Å². The fraction of sp³-hybridized carbons (Fsp3) is 0.364. The molecule has 0 aliphatic heterocycles. The first-order chi connectivity index (χ1) is 19.5. The lowest BCUT2D eigenvalue weighted by Gasteiger charge is -2.38. The number of hydrogen-bond acceptors (Lipinski definition) is 5. The third-order valence-electron chi connectivity index (χ3n) is 6.64. The second-order valence-electron chi connectivity index (χ2n) is 11.1. The predicted molar refractivity (Wildman–Crippen MR) is 159 cm³/mol. The van der Waals surface area contributed by atoms with E-state index in [2.05, 4.69) is 10.6 Å². The highest BCUT2D eigenvalue weighted by Gasteiger charge is 2.38. The van der Waals surface area contributed by atoms with Crippen molar-refractivity contribution in [1.82, 2.24) is 15.5 Å². The van der Waals surface area contributed by atoms with E-state index in [0.29, 0.717) is 18.5 Å². The monoisotopic (exact) mass is 559 g/mol. The number of carbonyl (C=O) groups is 3. The minimum atomic E-state index is -1.03. The SMILES string of the molecule is CCC(C)N(C(=O)C(Cc1ccc(O)cc1)NC(=O)OC(C)(C)C)C(C(=O)NCc1ccccc1)c1ccccc1. The first-order valence-electron chi connectivity index (χ1n) is 13.9. The van der Waals surface area contributed by atoms with Crippen LogP contribution in [-0.2, 0) is 27.3 Å². The maximum absolute atomic E-state index is 14.4. The fourth-order valence-corrected chi connectivity index (χ4v) is 4.45. The molecular weight excluding hydrogens is 518 g/mol. The molecule has 0 spiro atoms. The Balaban J connectivity index is 2.00. The maximum Gasteiger partial charge on any atom is 0.408 e. The van der Waals surface area contributed by atoms with Crippen molar-refractivity contribution in [3.8, 4) is 5.75 Å². The molecule has 0 bridgehead atoms. The van der Waals surface area contributed by atoms with E-state index in [4.69, 9.17) is 4.74 Å². The van der Waals surface area contributed by atoms with E-state index in [1.807, 2.05) is 74.5 Å². The van der Waals surface area contributed by atoms with Crippen LogP contribution >= 0.6 is 0 Å². The number of carbonyl (C=O) groups excluding carboxylic acids is 3. The number of nitrogens with zero attached hydrogens (tertiary/aromatic N) is 1. The molecule has 0 aliphatic rings. The van der Waals surface area contributed by atoms with Crippen molar-refractivity contribution in [2.45, 2.75) is 77.7 Å². The lowest BCUT2D eigenvalue weighted by Crippen LogP contribution is -2.56. The van der Waals surface area contributed by atoms with Crippen LogP contribution in [0.25, 0.3) is 0 Å². The summed E-state index contributed by atoms with van der Waals surface area (Å²) in [5.41, 5.74) is 1.56. The van der Waals surface area contributed by atoms with Crippen LogP contribution in [0, 0.1) is 0 Å². The number of alkyl carbamates (subject to hydrolysis) is 1. The van der Waals surface area contributed by atoms with Gasteiger partial charge in [0.15, 0.2) is 0 Å². The molecule has 0 fully saturated rings. The van der Waals surface area contributed by atoms with E-state index in [1.54, 1.807) is 37.8 Å². The zero-order valence-electron chi connectivity index (χ0n) is 24.5. The largest absolute Gasteiger partial charge is 0.508 e. The summed E-state index contributed by atoms with van der Waals surface area (Å²) in [5.74, 6) is -0.645. The van der Waals surface area contributed by atoms with Gasteiger partial charge in [-0.3, -0.25) is 9.59 Å². The van der Waals surface area contributed by atoms with Gasteiger partial charge in [-0.15, -0.1) is 0 Å². The summed E-state index contributed by atoms with van der Waals surface area (Å²) < 4.78 is 5.48. The Kier molecular flexibility index (Phi) is 10.9. The number of nitrogens with one attached hydrogen (secondary N) is 2. The Labute approximate surface area is 242 Å². The van der Waals surface area contributed by atoms with Gasteiger partial charge in [0, 0.05) is 19.0 Å². The van der Waals surface area contributed by atoms with E-state index in [-0.39, 0.29) is 24.1 Å². The molecule has 3 aromatic rings. The van der Waals surface area contributed by atoms with Gasteiger partial charge in [0.25, 0.3) is 0 Å². The second-order valence-corrected chi connectivity index (χ2v) is 11.1. The molecule has 218 valence electrons. The standard InChI is InChI=1S/C33H41N3O5/c1-6-23(2)36(29(26-15-11-8-12-16-26)30(38)34-22-25-13-9-7-10-14-25)31(39)28(35-32(40)41-33(3,4)5)21-24-17-19-27(37)20-18-24/h7-20,23,28-29,37H,6,21-22H2,1-5H3,(H,34,38)(H,35,40). The van der Waals surface area contributed by atoms with Crippen LogP contribution in [0.2, 0.25) is 0 Å². The molecule has 0 saturated heterocycles. The Hall–Kier alpha value is -4.33. The van der Waals surface area contributed by atoms with Gasteiger partial charge in [-0.05, 0) is 62.9 Å². The van der Waals surface area contributed by atoms with Crippen molar-refractivity contribution in [1.29, 1.82) is 0 Å². The summed E-state index contributed by atoms with van der Waals surface area (Å²) in [7, 11) is 0. The summed E-state index contributed by atoms with van der Waals surface area (Å²) in [6.07, 6.45) is -0.0128. The molecule has 0 saturated carbocycles. The minimum Gasteiger partial charge on any atom is -0.508 e. The van der Waals surface area contributed by atoms with Gasteiger partial charge in [-0.25, -0.2) is 4.79 Å². The van der Waals surface area contributed by atoms with Crippen molar-refractivity contribution >= 4 is 17.9 Å². The molecular formula is C33H41N3O5. The number of phenols is 1. The number of aromatic hydroxyl groups is 1. The zero-order chi connectivity index (χ0) is 30.0. The third-order valence-corrected chi connectivity index (χ3v) is 6.64. The van der Waals surface area contributed by atoms with Gasteiger partial charge in [0.05, 0.1) is 0 Å². The molecule has 3 atom stereocenters. The number of benzene rings is 3. The Morgan fingerprint density at radius 2 is 1.46 bits per heavy atom. The van der Waals surface area contributed by atoms with Crippen molar-refractivity contribution < 1.29 is 24.2 Å². The summed E-state index contributed by atoms with van der Waals surface area (Å²) in [5, 5.41) is 15.5. The van der Waals surface area contributed by atoms with Crippen molar-refractivity contribution in [2.24, 2.45) is 0 Å². The van der Waals surface area contributed by atoms with E-state index in [1.165, 1.54) is 12.1 Å². The van der Waals surface area contributed by atoms with Gasteiger partial charge >= 0.3 is 6.09 Å². The third kappa shape index (κ3) is 9.38. The van der Waals surface area contributed by atoms with Crippen molar-refractivity contribution in [2.75, 3.05) is 0 Å². The van der Waals surface area contributed by atoms with Crippen LogP contribution in [0.5, 0.6) is 5.75 Å². The normalized spacial score (nSPS) is 13.4. The Bertz CT molecular complexity index is 1270. The number of rotatable bonds is 11. The molecule has 3 N–H and O–H groups in total. The van der Waals surface area contributed by atoms with Gasteiger partial charge in [-0.1, -0.05) is 79.7 Å². The molecule has 0 aromatic heterocycles. The molecule has 3 unspecified atom stereocenters. The van der Waals surface area contributed by atoms with Gasteiger partial charge in [-0.2, -0.15) is 0 Å². The fourth-order valence-electron chi connectivity index (χ4n) is 4.45. The van der Waals surface area contributed by atoms with Crippen LogP contribution in [0.4, 0.5) is 4.79 Å². The molecule has 8 heteroatoms. The summed E-state index contributed by atoms with van der Waals surface area (Å²) in [6.45, 7) is 9.39. The van der Waals surface area contributed by atoms with Crippen molar-refractivity contribution in [3.05, 3.63) is 102 Å². The van der Waals surface area contributed by atoms with E-state index in [9.17, 15) is 19.5 Å². The van der Waals surface area contributed by atoms with Gasteiger partial charge in [0.1, 0.15) is 23.4 Å². The summed E-state index contributed by atoms with van der Waals surface area (Å²) in [6, 6.07) is 22.9. The number of phenolic OH excluding ortho intramolecular Hbond substituents is 1. The van der Waals surface area contributed by atoms with Crippen LogP contribution in [0.15, 0.2) is 84.9 Å². The van der Waals surface area contributed by atoms with Crippen LogP contribution in [-0.4, -0.2) is 45.6 Å². The van der Waals surface area contributed by atoms with Crippen LogP contribution < -0.4 is 10.6 Å². The van der Waals surface area contributed by atoms with Gasteiger partial charge < -0.3 is 25.4 Å². The Morgan fingerprint density at radius 3 is 2.02 bits per heavy atom. The summed E-state index contributed by atoms with van der Waals surface area (Å²) in [4.78, 5) is 42.8.